The molecule has 5 nitrogen and oxygen atoms in total. The summed E-state index contributed by atoms with van der Waals surface area (Å²) in [6, 6.07) is 0.852. The van der Waals surface area contributed by atoms with Gasteiger partial charge < -0.3 is 10.6 Å². The van der Waals surface area contributed by atoms with Gasteiger partial charge in [-0.2, -0.15) is 0 Å². The predicted molar refractivity (Wildman–Crippen MR) is 62.3 cm³/mol. The summed E-state index contributed by atoms with van der Waals surface area (Å²) in [7, 11) is 0. The lowest BCUT2D eigenvalue weighted by Gasteiger charge is -2.22. The molecule has 0 aromatic rings. The van der Waals surface area contributed by atoms with Gasteiger partial charge in [0.2, 0.25) is 11.8 Å². The van der Waals surface area contributed by atoms with Crippen LogP contribution in [0.3, 0.4) is 0 Å². The Labute approximate surface area is 101 Å². The molecule has 3 unspecified atom stereocenters. The molecule has 3 fully saturated rings. The summed E-state index contributed by atoms with van der Waals surface area (Å²) < 4.78 is 0. The van der Waals surface area contributed by atoms with Crippen molar-refractivity contribution in [3.8, 4) is 0 Å². The quantitative estimate of drug-likeness (QED) is 0.679. The van der Waals surface area contributed by atoms with Gasteiger partial charge in [-0.05, 0) is 25.8 Å². The van der Waals surface area contributed by atoms with Crippen molar-refractivity contribution in [1.29, 1.82) is 0 Å². The van der Waals surface area contributed by atoms with Gasteiger partial charge in [0.05, 0.1) is 5.92 Å². The number of fused-ring (bicyclic) bond motifs is 1. The molecule has 0 aromatic carbocycles. The predicted octanol–water partition coefficient (Wildman–Crippen LogP) is -0.525. The molecule has 3 aliphatic heterocycles. The van der Waals surface area contributed by atoms with Crippen molar-refractivity contribution in [3.05, 3.63) is 0 Å². The van der Waals surface area contributed by atoms with Crippen LogP contribution in [0.15, 0.2) is 0 Å². The van der Waals surface area contributed by atoms with E-state index in [0.717, 1.165) is 13.0 Å². The molecule has 2 N–H and O–H groups in total. The van der Waals surface area contributed by atoms with Crippen LogP contribution in [0.25, 0.3) is 0 Å². The molecule has 0 radical (unpaired) electrons. The maximum absolute atomic E-state index is 12.0. The van der Waals surface area contributed by atoms with Crippen LogP contribution in [0.2, 0.25) is 0 Å². The van der Waals surface area contributed by atoms with E-state index in [4.69, 9.17) is 0 Å². The van der Waals surface area contributed by atoms with Crippen molar-refractivity contribution >= 4 is 11.8 Å². The number of carbonyl (C=O) groups is 2. The fraction of sp³-hybridized carbons (Fsp3) is 0.833. The molecule has 0 aromatic heterocycles. The van der Waals surface area contributed by atoms with Crippen molar-refractivity contribution in [2.45, 2.75) is 37.8 Å². The van der Waals surface area contributed by atoms with E-state index in [1.165, 1.54) is 19.4 Å². The standard InChI is InChI=1S/C12H19N3O2/c16-11-6-8(7-13-11)12(17)14-9-3-5-15-4-1-2-10(9)15/h8-10H,1-7H2,(H,13,16)(H,14,17). The lowest BCUT2D eigenvalue weighted by molar-refractivity contribution is -0.127. The first-order valence-electron chi connectivity index (χ1n) is 6.55. The number of nitrogens with zero attached hydrogens (tertiary/aromatic N) is 1. The van der Waals surface area contributed by atoms with Crippen LogP contribution in [0, 0.1) is 5.92 Å². The molecule has 3 atom stereocenters. The van der Waals surface area contributed by atoms with Crippen LogP contribution in [-0.2, 0) is 9.59 Å². The van der Waals surface area contributed by atoms with Gasteiger partial charge in [-0.15, -0.1) is 0 Å². The molecule has 0 saturated carbocycles. The zero-order valence-electron chi connectivity index (χ0n) is 9.95. The highest BCUT2D eigenvalue weighted by Gasteiger charge is 2.39. The Balaban J connectivity index is 1.56. The first-order chi connectivity index (χ1) is 8.24. The Kier molecular flexibility index (Phi) is 2.78. The molecule has 3 saturated heterocycles. The van der Waals surface area contributed by atoms with Crippen molar-refractivity contribution in [1.82, 2.24) is 15.5 Å². The second-order valence-corrected chi connectivity index (χ2v) is 5.35. The smallest absolute Gasteiger partial charge is 0.225 e. The van der Waals surface area contributed by atoms with E-state index in [9.17, 15) is 9.59 Å². The molecular formula is C12H19N3O2. The third kappa shape index (κ3) is 2.04. The Morgan fingerprint density at radius 1 is 1.35 bits per heavy atom. The summed E-state index contributed by atoms with van der Waals surface area (Å²) >= 11 is 0. The maximum atomic E-state index is 12.0. The average molecular weight is 237 g/mol. The van der Waals surface area contributed by atoms with Crippen LogP contribution in [0.1, 0.15) is 25.7 Å². The lowest BCUT2D eigenvalue weighted by atomic mass is 10.0. The summed E-state index contributed by atoms with van der Waals surface area (Å²) in [5, 5.41) is 5.85. The Morgan fingerprint density at radius 3 is 3.00 bits per heavy atom. The highest BCUT2D eigenvalue weighted by molar-refractivity contribution is 5.89. The van der Waals surface area contributed by atoms with E-state index in [1.807, 2.05) is 0 Å². The van der Waals surface area contributed by atoms with E-state index < -0.39 is 0 Å². The van der Waals surface area contributed by atoms with Gasteiger partial charge in [-0.3, -0.25) is 14.5 Å². The minimum absolute atomic E-state index is 0.000866. The molecule has 17 heavy (non-hydrogen) atoms. The van der Waals surface area contributed by atoms with E-state index >= 15 is 0 Å². The zero-order chi connectivity index (χ0) is 11.8. The molecule has 2 amide bonds. The summed E-state index contributed by atoms with van der Waals surface area (Å²) in [4.78, 5) is 25.6. The highest BCUT2D eigenvalue weighted by Crippen LogP contribution is 2.28. The molecule has 94 valence electrons. The first-order valence-corrected chi connectivity index (χ1v) is 6.55. The minimum Gasteiger partial charge on any atom is -0.355 e. The van der Waals surface area contributed by atoms with Crippen LogP contribution in [0.5, 0.6) is 0 Å². The molecule has 0 aliphatic carbocycles. The van der Waals surface area contributed by atoms with Gasteiger partial charge in [-0.25, -0.2) is 0 Å². The third-order valence-electron chi connectivity index (χ3n) is 4.28. The Bertz CT molecular complexity index is 345. The highest BCUT2D eigenvalue weighted by atomic mass is 16.2. The largest absolute Gasteiger partial charge is 0.355 e. The average Bonchev–Trinajstić information content (AvgIpc) is 2.96. The number of rotatable bonds is 2. The van der Waals surface area contributed by atoms with Gasteiger partial charge in [0, 0.05) is 31.6 Å². The van der Waals surface area contributed by atoms with E-state index in [-0.39, 0.29) is 17.7 Å². The van der Waals surface area contributed by atoms with Gasteiger partial charge in [0.25, 0.3) is 0 Å². The van der Waals surface area contributed by atoms with Gasteiger partial charge in [0.15, 0.2) is 0 Å². The fourth-order valence-corrected chi connectivity index (χ4v) is 3.34. The Hall–Kier alpha value is -1.10. The lowest BCUT2D eigenvalue weighted by Crippen LogP contribution is -2.45. The van der Waals surface area contributed by atoms with Crippen molar-refractivity contribution in [2.75, 3.05) is 19.6 Å². The molecule has 5 heteroatoms. The van der Waals surface area contributed by atoms with Crippen LogP contribution in [0.4, 0.5) is 0 Å². The normalized spacial score (nSPS) is 36.9. The number of hydrogen-bond donors (Lipinski definition) is 2. The summed E-state index contributed by atoms with van der Waals surface area (Å²) in [6.45, 7) is 2.80. The number of carbonyl (C=O) groups excluding carboxylic acids is 2. The number of hydrogen-bond acceptors (Lipinski definition) is 3. The summed E-state index contributed by atoms with van der Waals surface area (Å²) in [6.07, 6.45) is 3.87. The summed E-state index contributed by atoms with van der Waals surface area (Å²) in [5.74, 6) is -0.0980. The fourth-order valence-electron chi connectivity index (χ4n) is 3.34. The molecular weight excluding hydrogens is 218 g/mol. The van der Waals surface area contributed by atoms with Crippen molar-refractivity contribution in [2.24, 2.45) is 5.92 Å². The van der Waals surface area contributed by atoms with Gasteiger partial charge in [0.1, 0.15) is 0 Å². The van der Waals surface area contributed by atoms with Gasteiger partial charge >= 0.3 is 0 Å². The molecule has 0 spiro atoms. The van der Waals surface area contributed by atoms with Crippen molar-refractivity contribution < 1.29 is 9.59 Å². The monoisotopic (exact) mass is 237 g/mol. The second-order valence-electron chi connectivity index (χ2n) is 5.35. The van der Waals surface area contributed by atoms with E-state index in [1.54, 1.807) is 0 Å². The minimum atomic E-state index is -0.155. The molecule has 0 bridgehead atoms. The first kappa shape index (κ1) is 11.0. The van der Waals surface area contributed by atoms with E-state index in [0.29, 0.717) is 25.0 Å². The maximum Gasteiger partial charge on any atom is 0.225 e. The molecule has 3 aliphatic rings. The van der Waals surface area contributed by atoms with Crippen LogP contribution < -0.4 is 10.6 Å². The number of nitrogens with one attached hydrogen (secondary N) is 2. The zero-order valence-corrected chi connectivity index (χ0v) is 9.95. The van der Waals surface area contributed by atoms with Crippen LogP contribution in [-0.4, -0.2) is 48.4 Å². The SMILES string of the molecule is O=C1CC(C(=O)NC2CCN3CCCC23)CN1. The molecule has 3 rings (SSSR count). The second kappa shape index (κ2) is 4.29. The van der Waals surface area contributed by atoms with Crippen LogP contribution >= 0.6 is 0 Å². The topological polar surface area (TPSA) is 61.4 Å². The number of amides is 2. The van der Waals surface area contributed by atoms with Crippen molar-refractivity contribution in [3.63, 3.8) is 0 Å². The molecule has 3 heterocycles. The Morgan fingerprint density at radius 2 is 2.24 bits per heavy atom. The third-order valence-corrected chi connectivity index (χ3v) is 4.28. The van der Waals surface area contributed by atoms with Gasteiger partial charge in [-0.1, -0.05) is 0 Å². The summed E-state index contributed by atoms with van der Waals surface area (Å²) in [5.41, 5.74) is 0. The van der Waals surface area contributed by atoms with E-state index in [2.05, 4.69) is 15.5 Å².